The van der Waals surface area contributed by atoms with E-state index in [9.17, 15) is 9.59 Å². The molecule has 0 spiro atoms. The minimum absolute atomic E-state index is 0.0196. The van der Waals surface area contributed by atoms with E-state index >= 15 is 0 Å². The quantitative estimate of drug-likeness (QED) is 0.729. The Kier molecular flexibility index (Phi) is 5.02. The van der Waals surface area contributed by atoms with Gasteiger partial charge in [-0.05, 0) is 43.2 Å². The highest BCUT2D eigenvalue weighted by molar-refractivity contribution is 7.13. The van der Waals surface area contributed by atoms with Gasteiger partial charge in [0.15, 0.2) is 10.8 Å². The standard InChI is InChI=1S/C20H19N3O3S/c24-18(12-16-13-27-19(22-16)17-7-4-10-26-17)21-15-6-3-5-14(11-15)20(25)23-8-1-2-9-23/h3-7,10-11,13H,1-2,8-9,12H2,(H,21,24). The van der Waals surface area contributed by atoms with Gasteiger partial charge in [-0.25, -0.2) is 4.98 Å². The molecule has 0 atom stereocenters. The Morgan fingerprint density at radius 3 is 2.81 bits per heavy atom. The van der Waals surface area contributed by atoms with E-state index in [4.69, 9.17) is 4.42 Å². The van der Waals surface area contributed by atoms with Crippen LogP contribution in [0.3, 0.4) is 0 Å². The predicted octanol–water partition coefficient (Wildman–Crippen LogP) is 3.82. The average molecular weight is 381 g/mol. The fraction of sp³-hybridized carbons (Fsp3) is 0.250. The topological polar surface area (TPSA) is 75.4 Å². The van der Waals surface area contributed by atoms with Gasteiger partial charge in [0.05, 0.1) is 18.4 Å². The fourth-order valence-electron chi connectivity index (χ4n) is 3.10. The highest BCUT2D eigenvalue weighted by Gasteiger charge is 2.19. The van der Waals surface area contributed by atoms with Gasteiger partial charge in [-0.3, -0.25) is 9.59 Å². The number of aromatic nitrogens is 1. The largest absolute Gasteiger partial charge is 0.462 e. The molecular formula is C20H19N3O3S. The molecule has 3 heterocycles. The lowest BCUT2D eigenvalue weighted by Crippen LogP contribution is -2.27. The number of nitrogens with one attached hydrogen (secondary N) is 1. The molecule has 1 aliphatic heterocycles. The van der Waals surface area contributed by atoms with Crippen LogP contribution in [0, 0.1) is 0 Å². The maximum Gasteiger partial charge on any atom is 0.253 e. The van der Waals surface area contributed by atoms with Crippen molar-refractivity contribution in [3.63, 3.8) is 0 Å². The molecular weight excluding hydrogens is 362 g/mol. The number of carbonyl (C=O) groups is 2. The molecule has 1 saturated heterocycles. The summed E-state index contributed by atoms with van der Waals surface area (Å²) in [7, 11) is 0. The normalized spacial score (nSPS) is 13.7. The molecule has 1 aromatic carbocycles. The third-order valence-corrected chi connectivity index (χ3v) is 5.32. The van der Waals surface area contributed by atoms with Crippen LogP contribution in [-0.4, -0.2) is 34.8 Å². The van der Waals surface area contributed by atoms with Gasteiger partial charge < -0.3 is 14.6 Å². The lowest BCUT2D eigenvalue weighted by atomic mass is 10.1. The summed E-state index contributed by atoms with van der Waals surface area (Å²) >= 11 is 1.44. The Morgan fingerprint density at radius 1 is 1.19 bits per heavy atom. The van der Waals surface area contributed by atoms with E-state index in [2.05, 4.69) is 10.3 Å². The zero-order chi connectivity index (χ0) is 18.6. The van der Waals surface area contributed by atoms with Gasteiger partial charge in [-0.2, -0.15) is 0 Å². The van der Waals surface area contributed by atoms with Crippen LogP contribution in [0.15, 0.2) is 52.5 Å². The number of amides is 2. The van der Waals surface area contributed by atoms with Crippen molar-refractivity contribution in [2.24, 2.45) is 0 Å². The van der Waals surface area contributed by atoms with Crippen molar-refractivity contribution >= 4 is 28.8 Å². The van der Waals surface area contributed by atoms with Crippen molar-refractivity contribution in [3.8, 4) is 10.8 Å². The summed E-state index contributed by atoms with van der Waals surface area (Å²) in [6, 6.07) is 10.7. The molecule has 1 N–H and O–H groups in total. The maximum atomic E-state index is 12.5. The van der Waals surface area contributed by atoms with Crippen LogP contribution in [-0.2, 0) is 11.2 Å². The van der Waals surface area contributed by atoms with Crippen LogP contribution in [0.5, 0.6) is 0 Å². The van der Waals surface area contributed by atoms with Gasteiger partial charge in [0, 0.05) is 29.7 Å². The minimum Gasteiger partial charge on any atom is -0.462 e. The maximum absolute atomic E-state index is 12.5. The molecule has 2 amide bonds. The number of nitrogens with zero attached hydrogens (tertiary/aromatic N) is 2. The number of hydrogen-bond acceptors (Lipinski definition) is 5. The molecule has 7 heteroatoms. The third-order valence-electron chi connectivity index (χ3n) is 4.41. The van der Waals surface area contributed by atoms with Crippen LogP contribution in [0.2, 0.25) is 0 Å². The highest BCUT2D eigenvalue weighted by Crippen LogP contribution is 2.24. The monoisotopic (exact) mass is 381 g/mol. The van der Waals surface area contributed by atoms with Gasteiger partial charge in [-0.15, -0.1) is 11.3 Å². The predicted molar refractivity (Wildman–Crippen MR) is 104 cm³/mol. The summed E-state index contributed by atoms with van der Waals surface area (Å²) in [5.41, 5.74) is 1.91. The first-order chi connectivity index (χ1) is 13.2. The second-order valence-corrected chi connectivity index (χ2v) is 7.28. The molecule has 27 heavy (non-hydrogen) atoms. The summed E-state index contributed by atoms with van der Waals surface area (Å²) in [5, 5.41) is 5.45. The van der Waals surface area contributed by atoms with Crippen molar-refractivity contribution in [2.45, 2.75) is 19.3 Å². The van der Waals surface area contributed by atoms with E-state index in [-0.39, 0.29) is 18.2 Å². The molecule has 0 aliphatic carbocycles. The summed E-state index contributed by atoms with van der Waals surface area (Å²) < 4.78 is 5.32. The Balaban J connectivity index is 1.39. The summed E-state index contributed by atoms with van der Waals surface area (Å²) in [4.78, 5) is 31.1. The Labute approximate surface area is 160 Å². The van der Waals surface area contributed by atoms with E-state index in [0.29, 0.717) is 22.7 Å². The summed E-state index contributed by atoms with van der Waals surface area (Å²) in [5.74, 6) is 0.544. The number of anilines is 1. The second kappa shape index (κ2) is 7.75. The molecule has 0 radical (unpaired) electrons. The van der Waals surface area contributed by atoms with Crippen LogP contribution < -0.4 is 5.32 Å². The molecule has 0 unspecified atom stereocenters. The van der Waals surface area contributed by atoms with Crippen molar-refractivity contribution in [1.82, 2.24) is 9.88 Å². The number of hydrogen-bond donors (Lipinski definition) is 1. The van der Waals surface area contributed by atoms with Crippen LogP contribution >= 0.6 is 11.3 Å². The molecule has 3 aromatic rings. The number of benzene rings is 1. The Bertz CT molecular complexity index is 943. The number of carbonyl (C=O) groups excluding carboxylic acids is 2. The third kappa shape index (κ3) is 4.09. The van der Waals surface area contributed by atoms with E-state index < -0.39 is 0 Å². The number of thiazole rings is 1. The molecule has 4 rings (SSSR count). The van der Waals surface area contributed by atoms with Gasteiger partial charge in [0.2, 0.25) is 5.91 Å². The van der Waals surface area contributed by atoms with Gasteiger partial charge >= 0.3 is 0 Å². The fourth-order valence-corrected chi connectivity index (χ4v) is 3.89. The lowest BCUT2D eigenvalue weighted by Gasteiger charge is -2.15. The van der Waals surface area contributed by atoms with Crippen molar-refractivity contribution < 1.29 is 14.0 Å². The molecule has 1 aliphatic rings. The van der Waals surface area contributed by atoms with E-state index in [0.717, 1.165) is 30.9 Å². The first kappa shape index (κ1) is 17.5. The van der Waals surface area contributed by atoms with Crippen LogP contribution in [0.1, 0.15) is 28.9 Å². The van der Waals surface area contributed by atoms with Crippen molar-refractivity contribution in [3.05, 3.63) is 59.3 Å². The zero-order valence-corrected chi connectivity index (χ0v) is 15.5. The van der Waals surface area contributed by atoms with Crippen molar-refractivity contribution in [2.75, 3.05) is 18.4 Å². The second-order valence-electron chi connectivity index (χ2n) is 6.43. The van der Waals surface area contributed by atoms with Gasteiger partial charge in [-0.1, -0.05) is 6.07 Å². The lowest BCUT2D eigenvalue weighted by molar-refractivity contribution is -0.115. The van der Waals surface area contributed by atoms with Gasteiger partial charge in [0.1, 0.15) is 0 Å². The first-order valence-electron chi connectivity index (χ1n) is 8.86. The molecule has 0 bridgehead atoms. The number of furan rings is 1. The highest BCUT2D eigenvalue weighted by atomic mass is 32.1. The van der Waals surface area contributed by atoms with E-state index in [1.54, 1.807) is 36.6 Å². The number of likely N-dealkylation sites (tertiary alicyclic amines) is 1. The molecule has 138 valence electrons. The molecule has 2 aromatic heterocycles. The van der Waals surface area contributed by atoms with Gasteiger partial charge in [0.25, 0.3) is 5.91 Å². The smallest absolute Gasteiger partial charge is 0.253 e. The minimum atomic E-state index is -0.169. The van der Waals surface area contributed by atoms with E-state index in [1.165, 1.54) is 11.3 Å². The SMILES string of the molecule is O=C(Cc1csc(-c2ccco2)n1)Nc1cccc(C(=O)N2CCCC2)c1. The average Bonchev–Trinajstić information content (AvgIpc) is 3.42. The zero-order valence-electron chi connectivity index (χ0n) is 14.7. The van der Waals surface area contributed by atoms with E-state index in [1.807, 2.05) is 16.3 Å². The molecule has 6 nitrogen and oxygen atoms in total. The summed E-state index contributed by atoms with van der Waals surface area (Å²) in [6.45, 7) is 1.61. The van der Waals surface area contributed by atoms with Crippen molar-refractivity contribution in [1.29, 1.82) is 0 Å². The molecule has 1 fully saturated rings. The van der Waals surface area contributed by atoms with Crippen LogP contribution in [0.25, 0.3) is 10.8 Å². The Hall–Kier alpha value is -2.93. The van der Waals surface area contributed by atoms with Crippen LogP contribution in [0.4, 0.5) is 5.69 Å². The Morgan fingerprint density at radius 2 is 2.04 bits per heavy atom. The first-order valence-corrected chi connectivity index (χ1v) is 9.74. The molecule has 0 saturated carbocycles. The number of rotatable bonds is 5. The summed E-state index contributed by atoms with van der Waals surface area (Å²) in [6.07, 6.45) is 3.87.